The van der Waals surface area contributed by atoms with Crippen molar-refractivity contribution in [3.63, 3.8) is 0 Å². The summed E-state index contributed by atoms with van der Waals surface area (Å²) in [4.78, 5) is 12.0. The lowest BCUT2D eigenvalue weighted by Gasteiger charge is -2.12. The summed E-state index contributed by atoms with van der Waals surface area (Å²) in [6.45, 7) is 4.26. The van der Waals surface area contributed by atoms with E-state index in [1.54, 1.807) is 6.07 Å². The molecular formula is C15H17ClFN3O. The lowest BCUT2D eigenvalue weighted by atomic mass is 10.1. The van der Waals surface area contributed by atoms with Gasteiger partial charge >= 0.3 is 0 Å². The minimum Gasteiger partial charge on any atom is -0.382 e. The minimum atomic E-state index is -0.317. The monoisotopic (exact) mass is 309 g/mol. The second-order valence-corrected chi connectivity index (χ2v) is 5.40. The Hall–Kier alpha value is -1.88. The first kappa shape index (κ1) is 15.5. The molecule has 0 aliphatic rings. The fourth-order valence-corrected chi connectivity index (χ4v) is 2.17. The van der Waals surface area contributed by atoms with Crippen molar-refractivity contribution in [3.8, 4) is 0 Å². The van der Waals surface area contributed by atoms with Crippen LogP contribution in [-0.4, -0.2) is 16.3 Å². The van der Waals surface area contributed by atoms with Gasteiger partial charge in [-0.25, -0.2) is 9.07 Å². The van der Waals surface area contributed by atoms with Gasteiger partial charge in [-0.05, 0) is 38.0 Å². The Bertz CT molecular complexity index is 685. The zero-order valence-corrected chi connectivity index (χ0v) is 12.7. The molecule has 0 aliphatic heterocycles. The Labute approximate surface area is 127 Å². The molecule has 1 heterocycles. The smallest absolute Gasteiger partial charge is 0.287 e. The number of anilines is 1. The fraction of sp³-hybridized carbons (Fsp3) is 0.333. The van der Waals surface area contributed by atoms with Gasteiger partial charge in [0.1, 0.15) is 10.8 Å². The second-order valence-electron chi connectivity index (χ2n) is 5.02. The molecule has 0 spiro atoms. The van der Waals surface area contributed by atoms with E-state index in [9.17, 15) is 9.18 Å². The number of nitrogens with zero attached hydrogens (tertiary/aromatic N) is 2. The van der Waals surface area contributed by atoms with Crippen LogP contribution in [0.15, 0.2) is 35.3 Å². The highest BCUT2D eigenvalue weighted by Crippen LogP contribution is 2.16. The Kier molecular flexibility index (Phi) is 4.96. The normalized spacial score (nSPS) is 10.9. The first-order valence-corrected chi connectivity index (χ1v) is 7.12. The van der Waals surface area contributed by atoms with E-state index in [1.807, 2.05) is 19.9 Å². The van der Waals surface area contributed by atoms with Crippen LogP contribution in [0.2, 0.25) is 5.02 Å². The lowest BCUT2D eigenvalue weighted by Crippen LogP contribution is -2.26. The van der Waals surface area contributed by atoms with E-state index in [0.717, 1.165) is 5.56 Å². The van der Waals surface area contributed by atoms with Gasteiger partial charge in [-0.3, -0.25) is 4.79 Å². The van der Waals surface area contributed by atoms with E-state index in [4.69, 9.17) is 11.6 Å². The molecular weight excluding hydrogens is 293 g/mol. The van der Waals surface area contributed by atoms with Crippen LogP contribution >= 0.6 is 11.6 Å². The average Bonchev–Trinajstić information content (AvgIpc) is 2.43. The molecule has 1 aromatic heterocycles. The van der Waals surface area contributed by atoms with Gasteiger partial charge < -0.3 is 5.32 Å². The molecule has 0 aliphatic carbocycles. The number of hydrogen-bond acceptors (Lipinski definition) is 3. The number of aromatic nitrogens is 2. The van der Waals surface area contributed by atoms with E-state index < -0.39 is 0 Å². The number of rotatable bonds is 5. The molecule has 1 aromatic carbocycles. The first-order valence-electron chi connectivity index (χ1n) is 6.74. The Morgan fingerprint density at radius 3 is 2.86 bits per heavy atom. The predicted octanol–water partition coefficient (Wildman–Crippen LogP) is 3.27. The van der Waals surface area contributed by atoms with Crippen molar-refractivity contribution < 1.29 is 4.39 Å². The van der Waals surface area contributed by atoms with Gasteiger partial charge in [-0.2, -0.15) is 5.10 Å². The quantitative estimate of drug-likeness (QED) is 0.922. The average molecular weight is 310 g/mol. The number of benzene rings is 1. The van der Waals surface area contributed by atoms with Crippen molar-refractivity contribution in [3.05, 3.63) is 57.2 Å². The SMILES string of the molecule is CC(C)n1ncc(NCCc2cccc(F)c2)c(Cl)c1=O. The molecule has 0 bridgehead atoms. The van der Waals surface area contributed by atoms with E-state index in [-0.39, 0.29) is 22.4 Å². The molecule has 0 radical (unpaired) electrons. The molecule has 0 atom stereocenters. The number of halogens is 2. The van der Waals surface area contributed by atoms with Gasteiger partial charge in [0.25, 0.3) is 5.56 Å². The summed E-state index contributed by atoms with van der Waals surface area (Å²) in [6, 6.07) is 6.36. The van der Waals surface area contributed by atoms with Crippen LogP contribution in [0.4, 0.5) is 10.1 Å². The highest BCUT2D eigenvalue weighted by Gasteiger charge is 2.10. The van der Waals surface area contributed by atoms with Crippen LogP contribution in [0.3, 0.4) is 0 Å². The molecule has 1 N–H and O–H groups in total. The maximum atomic E-state index is 13.1. The van der Waals surface area contributed by atoms with Crippen molar-refractivity contribution in [2.75, 3.05) is 11.9 Å². The zero-order valence-electron chi connectivity index (χ0n) is 11.9. The van der Waals surface area contributed by atoms with Crippen LogP contribution in [0.5, 0.6) is 0 Å². The molecule has 4 nitrogen and oxygen atoms in total. The van der Waals surface area contributed by atoms with Gasteiger partial charge in [0.05, 0.1) is 17.9 Å². The van der Waals surface area contributed by atoms with Crippen molar-refractivity contribution in [1.82, 2.24) is 9.78 Å². The largest absolute Gasteiger partial charge is 0.382 e. The summed E-state index contributed by atoms with van der Waals surface area (Å²) in [7, 11) is 0. The Balaban J connectivity index is 2.04. The van der Waals surface area contributed by atoms with Crippen LogP contribution in [0.1, 0.15) is 25.5 Å². The van der Waals surface area contributed by atoms with Crippen LogP contribution in [0.25, 0.3) is 0 Å². The lowest BCUT2D eigenvalue weighted by molar-refractivity contribution is 0.503. The zero-order chi connectivity index (χ0) is 15.4. The highest BCUT2D eigenvalue weighted by molar-refractivity contribution is 6.32. The summed E-state index contributed by atoms with van der Waals surface area (Å²) >= 11 is 6.05. The van der Waals surface area contributed by atoms with Crippen LogP contribution < -0.4 is 10.9 Å². The third-order valence-corrected chi connectivity index (χ3v) is 3.42. The maximum absolute atomic E-state index is 13.1. The topological polar surface area (TPSA) is 46.9 Å². The summed E-state index contributed by atoms with van der Waals surface area (Å²) in [5.74, 6) is -0.258. The standard InChI is InChI=1S/C15H17ClFN3O/c1-10(2)20-15(21)14(16)13(9-19-20)18-7-6-11-4-3-5-12(17)8-11/h3-5,8-10,18H,6-7H2,1-2H3. The minimum absolute atomic E-state index is 0.0451. The van der Waals surface area contributed by atoms with Crippen molar-refractivity contribution in [2.45, 2.75) is 26.3 Å². The fourth-order valence-electron chi connectivity index (χ4n) is 1.97. The summed E-state index contributed by atoms with van der Waals surface area (Å²) in [5, 5.41) is 7.26. The third-order valence-electron chi connectivity index (χ3n) is 3.05. The van der Waals surface area contributed by atoms with Crippen molar-refractivity contribution in [2.24, 2.45) is 0 Å². The summed E-state index contributed by atoms with van der Waals surface area (Å²) in [5.41, 5.74) is 1.06. The number of hydrogen-bond donors (Lipinski definition) is 1. The molecule has 112 valence electrons. The van der Waals surface area contributed by atoms with Gasteiger partial charge in [-0.15, -0.1) is 0 Å². The molecule has 2 aromatic rings. The van der Waals surface area contributed by atoms with Gasteiger partial charge in [-0.1, -0.05) is 23.7 Å². The second kappa shape index (κ2) is 6.72. The molecule has 0 unspecified atom stereocenters. The van der Waals surface area contributed by atoms with Crippen LogP contribution in [-0.2, 0) is 6.42 Å². The van der Waals surface area contributed by atoms with E-state index in [1.165, 1.54) is 23.0 Å². The predicted molar refractivity (Wildman–Crippen MR) is 82.5 cm³/mol. The maximum Gasteiger partial charge on any atom is 0.287 e. The van der Waals surface area contributed by atoms with Gasteiger partial charge in [0.15, 0.2) is 0 Å². The highest BCUT2D eigenvalue weighted by atomic mass is 35.5. The first-order chi connectivity index (χ1) is 9.99. The van der Waals surface area contributed by atoms with E-state index in [2.05, 4.69) is 10.4 Å². The molecule has 21 heavy (non-hydrogen) atoms. The van der Waals surface area contributed by atoms with Gasteiger partial charge in [0.2, 0.25) is 0 Å². The number of nitrogens with one attached hydrogen (secondary N) is 1. The Morgan fingerprint density at radius 1 is 1.43 bits per heavy atom. The van der Waals surface area contributed by atoms with Gasteiger partial charge in [0, 0.05) is 6.54 Å². The molecule has 2 rings (SSSR count). The van der Waals surface area contributed by atoms with Crippen molar-refractivity contribution >= 4 is 17.3 Å². The molecule has 0 saturated carbocycles. The molecule has 0 amide bonds. The van der Waals surface area contributed by atoms with E-state index >= 15 is 0 Å². The van der Waals surface area contributed by atoms with Crippen LogP contribution in [0, 0.1) is 5.82 Å². The third kappa shape index (κ3) is 3.82. The van der Waals surface area contributed by atoms with E-state index in [0.29, 0.717) is 18.7 Å². The summed E-state index contributed by atoms with van der Waals surface area (Å²) in [6.07, 6.45) is 2.16. The molecule has 6 heteroatoms. The van der Waals surface area contributed by atoms with Crippen molar-refractivity contribution in [1.29, 1.82) is 0 Å². The summed E-state index contributed by atoms with van der Waals surface area (Å²) < 4.78 is 14.4. The molecule has 0 saturated heterocycles. The molecule has 0 fully saturated rings. The Morgan fingerprint density at radius 2 is 2.19 bits per heavy atom.